The van der Waals surface area contributed by atoms with Crippen molar-refractivity contribution in [3.63, 3.8) is 0 Å². The summed E-state index contributed by atoms with van der Waals surface area (Å²) in [6, 6.07) is 0.770. The second kappa shape index (κ2) is 8.53. The second-order valence-electron chi connectivity index (χ2n) is 6.59. The van der Waals surface area contributed by atoms with Crippen molar-refractivity contribution in [2.45, 2.75) is 44.9 Å². The highest BCUT2D eigenvalue weighted by Crippen LogP contribution is 2.25. The minimum absolute atomic E-state index is 0.115. The zero-order chi connectivity index (χ0) is 19.4. The maximum absolute atomic E-state index is 13.6. The number of aromatic nitrogens is 2. The van der Waals surface area contributed by atoms with Crippen molar-refractivity contribution in [2.75, 3.05) is 0 Å². The third-order valence-corrected chi connectivity index (χ3v) is 5.45. The normalized spacial score (nSPS) is 22.3. The van der Waals surface area contributed by atoms with Gasteiger partial charge < -0.3 is 15.7 Å². The van der Waals surface area contributed by atoms with E-state index in [1.165, 1.54) is 23.6 Å². The lowest BCUT2D eigenvalue weighted by Gasteiger charge is -2.33. The molecule has 2 aromatic heterocycles. The Kier molecular flexibility index (Phi) is 6.12. The molecule has 0 bridgehead atoms. The highest BCUT2D eigenvalue weighted by atomic mass is 32.1. The molecule has 0 saturated heterocycles. The lowest BCUT2D eigenvalue weighted by atomic mass is 9.83. The van der Waals surface area contributed by atoms with E-state index < -0.39 is 23.9 Å². The Morgan fingerprint density at radius 3 is 2.89 bits per heavy atom. The fraction of sp³-hybridized carbons (Fsp3) is 0.444. The van der Waals surface area contributed by atoms with Crippen molar-refractivity contribution in [3.8, 4) is 0 Å². The molecule has 1 saturated carbocycles. The van der Waals surface area contributed by atoms with Crippen LogP contribution in [0.25, 0.3) is 0 Å². The first-order chi connectivity index (χ1) is 12.9. The van der Waals surface area contributed by atoms with Crippen molar-refractivity contribution >= 4 is 23.2 Å². The van der Waals surface area contributed by atoms with E-state index in [1.54, 1.807) is 0 Å². The number of nitrogens with zero attached hydrogens (tertiary/aromatic N) is 2. The van der Waals surface area contributed by atoms with Crippen LogP contribution in [-0.4, -0.2) is 39.0 Å². The smallest absolute Gasteiger partial charge is 0.254 e. The van der Waals surface area contributed by atoms with Gasteiger partial charge in [0, 0.05) is 17.5 Å². The molecule has 0 unspecified atom stereocenters. The van der Waals surface area contributed by atoms with Crippen LogP contribution >= 0.6 is 11.3 Å². The number of aliphatic hydroxyl groups excluding tert-OH is 1. The van der Waals surface area contributed by atoms with E-state index in [0.29, 0.717) is 19.4 Å². The average molecular weight is 392 g/mol. The van der Waals surface area contributed by atoms with E-state index in [1.807, 2.05) is 12.3 Å². The maximum Gasteiger partial charge on any atom is 0.254 e. The van der Waals surface area contributed by atoms with Crippen molar-refractivity contribution in [2.24, 2.45) is 5.92 Å². The average Bonchev–Trinajstić information content (AvgIpc) is 3.07. The number of pyridine rings is 1. The van der Waals surface area contributed by atoms with Gasteiger partial charge in [0.25, 0.3) is 5.91 Å². The number of hydrogen-bond donors (Lipinski definition) is 3. The molecular weight excluding hydrogens is 371 g/mol. The van der Waals surface area contributed by atoms with E-state index in [-0.39, 0.29) is 23.8 Å². The molecule has 1 aliphatic rings. The predicted octanol–water partition coefficient (Wildman–Crippen LogP) is 1.56. The Labute approximate surface area is 160 Å². The third-order valence-electron chi connectivity index (χ3n) is 4.63. The first-order valence-corrected chi connectivity index (χ1v) is 9.59. The first kappa shape index (κ1) is 19.4. The molecule has 27 heavy (non-hydrogen) atoms. The Bertz CT molecular complexity index is 828. The molecule has 3 atom stereocenters. The summed E-state index contributed by atoms with van der Waals surface area (Å²) >= 11 is 1.52. The summed E-state index contributed by atoms with van der Waals surface area (Å²) in [6.45, 7) is 2.26. The van der Waals surface area contributed by atoms with E-state index in [2.05, 4.69) is 20.6 Å². The molecule has 0 aliphatic heterocycles. The monoisotopic (exact) mass is 392 g/mol. The SMILES string of the molecule is Cc1nc(CNC(=O)[C@H]2CC[C@@H](NC(=O)c3ccncc3F)[C@H](O)C2)cs1. The topological polar surface area (TPSA) is 104 Å². The number of hydrogen-bond acceptors (Lipinski definition) is 6. The van der Waals surface area contributed by atoms with E-state index >= 15 is 0 Å². The molecule has 2 aromatic rings. The zero-order valence-corrected chi connectivity index (χ0v) is 15.6. The van der Waals surface area contributed by atoms with Gasteiger partial charge in [-0.1, -0.05) is 0 Å². The summed E-state index contributed by atoms with van der Waals surface area (Å²) in [4.78, 5) is 32.4. The Morgan fingerprint density at radius 1 is 1.41 bits per heavy atom. The molecule has 0 aromatic carbocycles. The van der Waals surface area contributed by atoms with Gasteiger partial charge in [-0.05, 0) is 32.3 Å². The van der Waals surface area contributed by atoms with Crippen molar-refractivity contribution < 1.29 is 19.1 Å². The van der Waals surface area contributed by atoms with Gasteiger partial charge in [0.1, 0.15) is 0 Å². The van der Waals surface area contributed by atoms with Crippen LogP contribution in [0.1, 0.15) is 40.3 Å². The summed E-state index contributed by atoms with van der Waals surface area (Å²) in [7, 11) is 0. The van der Waals surface area contributed by atoms with Gasteiger partial charge in [-0.25, -0.2) is 9.37 Å². The van der Waals surface area contributed by atoms with Gasteiger partial charge in [0.2, 0.25) is 5.91 Å². The molecular formula is C18H21FN4O3S. The first-order valence-electron chi connectivity index (χ1n) is 8.71. The molecule has 3 N–H and O–H groups in total. The van der Waals surface area contributed by atoms with Crippen molar-refractivity contribution in [1.82, 2.24) is 20.6 Å². The molecule has 2 amide bonds. The van der Waals surface area contributed by atoms with E-state index in [0.717, 1.165) is 16.9 Å². The number of nitrogens with one attached hydrogen (secondary N) is 2. The number of halogens is 1. The van der Waals surface area contributed by atoms with Gasteiger partial charge in [0.15, 0.2) is 5.82 Å². The minimum Gasteiger partial charge on any atom is -0.391 e. The molecule has 0 radical (unpaired) electrons. The Hall–Kier alpha value is -2.39. The third kappa shape index (κ3) is 4.86. The van der Waals surface area contributed by atoms with Crippen LogP contribution in [0.4, 0.5) is 4.39 Å². The highest BCUT2D eigenvalue weighted by Gasteiger charge is 2.34. The number of carbonyl (C=O) groups excluding carboxylic acids is 2. The summed E-state index contributed by atoms with van der Waals surface area (Å²) in [6.07, 6.45) is 2.64. The lowest BCUT2D eigenvalue weighted by molar-refractivity contribution is -0.127. The number of rotatable bonds is 5. The predicted molar refractivity (Wildman–Crippen MR) is 97.5 cm³/mol. The summed E-state index contributed by atoms with van der Waals surface area (Å²) in [5, 5.41) is 18.7. The standard InChI is InChI=1S/C18H21FN4O3S/c1-10-22-12(9-27-10)7-21-17(25)11-2-3-15(16(24)6-11)23-18(26)13-4-5-20-8-14(13)19/h4-5,8-9,11,15-16,24H,2-3,6-7H2,1H3,(H,21,25)(H,23,26)/t11-,15+,16+/m0/s1. The summed E-state index contributed by atoms with van der Waals surface area (Å²) < 4.78 is 13.6. The van der Waals surface area contributed by atoms with Gasteiger partial charge >= 0.3 is 0 Å². The molecule has 2 heterocycles. The van der Waals surface area contributed by atoms with Crippen LogP contribution in [0.5, 0.6) is 0 Å². The van der Waals surface area contributed by atoms with Gasteiger partial charge in [-0.15, -0.1) is 11.3 Å². The van der Waals surface area contributed by atoms with Gasteiger partial charge in [-0.3, -0.25) is 14.6 Å². The maximum atomic E-state index is 13.6. The number of carbonyl (C=O) groups is 2. The molecule has 7 nitrogen and oxygen atoms in total. The molecule has 3 rings (SSSR count). The Balaban J connectivity index is 1.50. The van der Waals surface area contributed by atoms with Crippen LogP contribution in [0.3, 0.4) is 0 Å². The zero-order valence-electron chi connectivity index (χ0n) is 14.8. The van der Waals surface area contributed by atoms with Gasteiger partial charge in [-0.2, -0.15) is 0 Å². The second-order valence-corrected chi connectivity index (χ2v) is 7.65. The van der Waals surface area contributed by atoms with Crippen LogP contribution in [-0.2, 0) is 11.3 Å². The molecule has 144 valence electrons. The number of amides is 2. The number of thiazole rings is 1. The van der Waals surface area contributed by atoms with Crippen molar-refractivity contribution in [3.05, 3.63) is 45.9 Å². The summed E-state index contributed by atoms with van der Waals surface area (Å²) in [5.41, 5.74) is 0.697. The summed E-state index contributed by atoms with van der Waals surface area (Å²) in [5.74, 6) is -1.77. The lowest BCUT2D eigenvalue weighted by Crippen LogP contribution is -2.49. The fourth-order valence-electron chi connectivity index (χ4n) is 3.17. The number of aliphatic hydroxyl groups is 1. The van der Waals surface area contributed by atoms with E-state index in [9.17, 15) is 19.1 Å². The van der Waals surface area contributed by atoms with Crippen molar-refractivity contribution in [1.29, 1.82) is 0 Å². The number of aryl methyl sites for hydroxylation is 1. The van der Waals surface area contributed by atoms with Gasteiger partial charge in [0.05, 0.1) is 41.2 Å². The van der Waals surface area contributed by atoms with Crippen LogP contribution < -0.4 is 10.6 Å². The molecule has 1 fully saturated rings. The molecule has 1 aliphatic carbocycles. The van der Waals surface area contributed by atoms with E-state index in [4.69, 9.17) is 0 Å². The van der Waals surface area contributed by atoms with Crippen LogP contribution in [0, 0.1) is 18.7 Å². The highest BCUT2D eigenvalue weighted by molar-refractivity contribution is 7.09. The fourth-order valence-corrected chi connectivity index (χ4v) is 3.78. The largest absolute Gasteiger partial charge is 0.391 e. The molecule has 9 heteroatoms. The van der Waals surface area contributed by atoms with Crippen LogP contribution in [0.2, 0.25) is 0 Å². The van der Waals surface area contributed by atoms with Crippen LogP contribution in [0.15, 0.2) is 23.8 Å². The minimum atomic E-state index is -0.870. The quantitative estimate of drug-likeness (QED) is 0.716. The molecule has 0 spiro atoms. The Morgan fingerprint density at radius 2 is 2.22 bits per heavy atom.